The van der Waals surface area contributed by atoms with Crippen molar-refractivity contribution in [2.75, 3.05) is 6.54 Å². The summed E-state index contributed by atoms with van der Waals surface area (Å²) in [5.74, 6) is -0.892. The monoisotopic (exact) mass is 251 g/mol. The summed E-state index contributed by atoms with van der Waals surface area (Å²) < 4.78 is 0. The van der Waals surface area contributed by atoms with Crippen LogP contribution in [0.4, 0.5) is 0 Å². The van der Waals surface area contributed by atoms with E-state index in [2.05, 4.69) is 11.8 Å². The molecule has 1 aliphatic heterocycles. The molecule has 2 rings (SSSR count). The number of rotatable bonds is 4. The highest BCUT2D eigenvalue weighted by molar-refractivity contribution is 7.10. The van der Waals surface area contributed by atoms with Crippen LogP contribution in [0.25, 0.3) is 6.08 Å². The lowest BCUT2D eigenvalue weighted by Crippen LogP contribution is -2.25. The molecule has 1 N–H and O–H groups in total. The van der Waals surface area contributed by atoms with Gasteiger partial charge in [-0.2, -0.15) is 0 Å². The summed E-state index contributed by atoms with van der Waals surface area (Å²) in [6.45, 7) is 4.35. The number of likely N-dealkylation sites (tertiary alicyclic amines) is 1. The van der Waals surface area contributed by atoms with Gasteiger partial charge in [0.2, 0.25) is 0 Å². The molecule has 92 valence electrons. The molecule has 0 radical (unpaired) electrons. The van der Waals surface area contributed by atoms with Crippen LogP contribution in [0, 0.1) is 0 Å². The Morgan fingerprint density at radius 3 is 3.18 bits per heavy atom. The molecule has 0 amide bonds. The van der Waals surface area contributed by atoms with Crippen molar-refractivity contribution < 1.29 is 9.90 Å². The van der Waals surface area contributed by atoms with Gasteiger partial charge in [-0.3, -0.25) is 4.90 Å². The first kappa shape index (κ1) is 12.3. The van der Waals surface area contributed by atoms with E-state index in [9.17, 15) is 4.79 Å². The molecule has 0 aromatic carbocycles. The summed E-state index contributed by atoms with van der Waals surface area (Å²) in [4.78, 5) is 14.2. The van der Waals surface area contributed by atoms with Gasteiger partial charge in [-0.15, -0.1) is 11.3 Å². The van der Waals surface area contributed by atoms with E-state index < -0.39 is 5.97 Å². The Morgan fingerprint density at radius 1 is 1.71 bits per heavy atom. The maximum Gasteiger partial charge on any atom is 0.328 e. The fraction of sp³-hybridized carbons (Fsp3) is 0.462. The fourth-order valence-electron chi connectivity index (χ4n) is 2.20. The molecule has 1 atom stereocenters. The SMILES string of the molecule is CC1CCCN1Cc1sccc1C=CC(=O)O. The van der Waals surface area contributed by atoms with E-state index in [0.717, 1.165) is 18.7 Å². The third-order valence-corrected chi connectivity index (χ3v) is 4.14. The Hall–Kier alpha value is -1.13. The molecule has 1 saturated heterocycles. The first-order chi connectivity index (χ1) is 8.16. The zero-order chi connectivity index (χ0) is 12.3. The highest BCUT2D eigenvalue weighted by Gasteiger charge is 2.21. The molecular formula is C13H17NO2S. The van der Waals surface area contributed by atoms with Crippen LogP contribution in [0.15, 0.2) is 17.5 Å². The minimum Gasteiger partial charge on any atom is -0.478 e. The Bertz CT molecular complexity index is 425. The summed E-state index contributed by atoms with van der Waals surface area (Å²) in [6, 6.07) is 2.63. The summed E-state index contributed by atoms with van der Waals surface area (Å²) in [6.07, 6.45) is 5.44. The molecule has 1 unspecified atom stereocenters. The average molecular weight is 251 g/mol. The van der Waals surface area contributed by atoms with Gasteiger partial charge in [0.15, 0.2) is 0 Å². The second kappa shape index (κ2) is 5.47. The number of aliphatic carboxylic acids is 1. The maximum absolute atomic E-state index is 10.5. The average Bonchev–Trinajstić information content (AvgIpc) is 2.87. The number of carboxylic acids is 1. The van der Waals surface area contributed by atoms with Crippen LogP contribution in [-0.4, -0.2) is 28.6 Å². The normalized spacial score (nSPS) is 21.4. The van der Waals surface area contributed by atoms with Gasteiger partial charge in [-0.25, -0.2) is 4.79 Å². The van der Waals surface area contributed by atoms with Gasteiger partial charge in [0, 0.05) is 23.5 Å². The van der Waals surface area contributed by atoms with Gasteiger partial charge in [-0.1, -0.05) is 0 Å². The van der Waals surface area contributed by atoms with Crippen LogP contribution >= 0.6 is 11.3 Å². The molecule has 0 saturated carbocycles. The van der Waals surface area contributed by atoms with Crippen molar-refractivity contribution >= 4 is 23.4 Å². The molecule has 0 bridgehead atoms. The summed E-state index contributed by atoms with van der Waals surface area (Å²) in [5.41, 5.74) is 1.04. The van der Waals surface area contributed by atoms with Crippen molar-refractivity contribution in [2.45, 2.75) is 32.4 Å². The topological polar surface area (TPSA) is 40.5 Å². The molecule has 1 aromatic heterocycles. The number of nitrogens with zero attached hydrogens (tertiary/aromatic N) is 1. The predicted molar refractivity (Wildman–Crippen MR) is 70.1 cm³/mol. The lowest BCUT2D eigenvalue weighted by Gasteiger charge is -2.20. The van der Waals surface area contributed by atoms with Crippen LogP contribution in [0.2, 0.25) is 0 Å². The van der Waals surface area contributed by atoms with Gasteiger partial charge in [0.05, 0.1) is 0 Å². The first-order valence-electron chi connectivity index (χ1n) is 5.88. The molecule has 3 nitrogen and oxygen atoms in total. The van der Waals surface area contributed by atoms with E-state index in [-0.39, 0.29) is 0 Å². The van der Waals surface area contributed by atoms with E-state index in [1.54, 1.807) is 17.4 Å². The molecule has 1 aliphatic rings. The van der Waals surface area contributed by atoms with E-state index in [1.807, 2.05) is 11.4 Å². The summed E-state index contributed by atoms with van der Waals surface area (Å²) in [5, 5.41) is 10.7. The van der Waals surface area contributed by atoms with Crippen molar-refractivity contribution in [1.82, 2.24) is 4.90 Å². The highest BCUT2D eigenvalue weighted by Crippen LogP contribution is 2.25. The van der Waals surface area contributed by atoms with Crippen LogP contribution in [0.1, 0.15) is 30.2 Å². The lowest BCUT2D eigenvalue weighted by molar-refractivity contribution is -0.131. The second-order valence-electron chi connectivity index (χ2n) is 4.43. The van der Waals surface area contributed by atoms with Gasteiger partial charge in [0.25, 0.3) is 0 Å². The maximum atomic E-state index is 10.5. The van der Waals surface area contributed by atoms with Gasteiger partial charge in [0.1, 0.15) is 0 Å². The lowest BCUT2D eigenvalue weighted by atomic mass is 10.2. The van der Waals surface area contributed by atoms with E-state index >= 15 is 0 Å². The molecule has 2 heterocycles. The number of hydrogen-bond acceptors (Lipinski definition) is 3. The summed E-state index contributed by atoms with van der Waals surface area (Å²) >= 11 is 1.70. The number of carbonyl (C=O) groups is 1. The van der Waals surface area contributed by atoms with Crippen LogP contribution in [0.5, 0.6) is 0 Å². The minimum atomic E-state index is -0.892. The van der Waals surface area contributed by atoms with E-state index in [4.69, 9.17) is 5.11 Å². The van der Waals surface area contributed by atoms with Gasteiger partial charge in [-0.05, 0) is 49.4 Å². The quantitative estimate of drug-likeness (QED) is 0.837. The zero-order valence-electron chi connectivity index (χ0n) is 9.93. The molecule has 0 aliphatic carbocycles. The van der Waals surface area contributed by atoms with Crippen molar-refractivity contribution in [3.8, 4) is 0 Å². The largest absolute Gasteiger partial charge is 0.478 e. The van der Waals surface area contributed by atoms with Gasteiger partial charge < -0.3 is 5.11 Å². The standard InChI is InChI=1S/C13H17NO2S/c1-10-3-2-7-14(10)9-12-11(6-8-17-12)4-5-13(15)16/h4-6,8,10H,2-3,7,9H2,1H3,(H,15,16). The van der Waals surface area contributed by atoms with Gasteiger partial charge >= 0.3 is 5.97 Å². The van der Waals surface area contributed by atoms with Crippen LogP contribution < -0.4 is 0 Å². The third kappa shape index (κ3) is 3.17. The van der Waals surface area contributed by atoms with Crippen molar-refractivity contribution in [3.63, 3.8) is 0 Å². The molecule has 4 heteroatoms. The third-order valence-electron chi connectivity index (χ3n) is 3.22. The van der Waals surface area contributed by atoms with Crippen molar-refractivity contribution in [3.05, 3.63) is 28.0 Å². The predicted octanol–water partition coefficient (Wildman–Crippen LogP) is 2.83. The Morgan fingerprint density at radius 2 is 2.53 bits per heavy atom. The van der Waals surface area contributed by atoms with Crippen molar-refractivity contribution in [2.24, 2.45) is 0 Å². The second-order valence-corrected chi connectivity index (χ2v) is 5.43. The smallest absolute Gasteiger partial charge is 0.328 e. The Kier molecular flexibility index (Phi) is 3.97. The Balaban J connectivity index is 2.06. The van der Waals surface area contributed by atoms with Crippen molar-refractivity contribution in [1.29, 1.82) is 0 Å². The van der Waals surface area contributed by atoms with E-state index in [0.29, 0.717) is 6.04 Å². The van der Waals surface area contributed by atoms with E-state index in [1.165, 1.54) is 23.8 Å². The minimum absolute atomic E-state index is 0.647. The molecule has 17 heavy (non-hydrogen) atoms. The van der Waals surface area contributed by atoms with Crippen LogP contribution in [-0.2, 0) is 11.3 Å². The fourth-order valence-corrected chi connectivity index (χ4v) is 3.09. The number of carboxylic acid groups (broad SMARTS) is 1. The molecule has 1 aromatic rings. The highest BCUT2D eigenvalue weighted by atomic mass is 32.1. The molecular weight excluding hydrogens is 234 g/mol. The Labute approximate surface area is 105 Å². The summed E-state index contributed by atoms with van der Waals surface area (Å²) in [7, 11) is 0. The first-order valence-corrected chi connectivity index (χ1v) is 6.76. The number of thiophene rings is 1. The van der Waals surface area contributed by atoms with Crippen LogP contribution in [0.3, 0.4) is 0 Å². The zero-order valence-corrected chi connectivity index (χ0v) is 10.7. The number of hydrogen-bond donors (Lipinski definition) is 1. The molecule has 0 spiro atoms. The molecule has 1 fully saturated rings.